The Morgan fingerprint density at radius 3 is 2.67 bits per heavy atom. The second-order valence-electron chi connectivity index (χ2n) is 3.10. The molecule has 78 valence electrons. The molecule has 2 aromatic rings. The second-order valence-corrected chi connectivity index (χ2v) is 4.83. The second kappa shape index (κ2) is 4.33. The smallest absolute Gasteiger partial charge is 0.202 e. The molecule has 0 radical (unpaired) electrons. The third-order valence-electron chi connectivity index (χ3n) is 2.27. The summed E-state index contributed by atoms with van der Waals surface area (Å²) in [4.78, 5) is 17.0. The first-order valence-corrected chi connectivity index (χ1v) is 6.94. The summed E-state index contributed by atoms with van der Waals surface area (Å²) in [5.41, 5.74) is 1.02. The molecule has 0 saturated carbocycles. The number of aromatic nitrogens is 1. The third-order valence-corrected chi connectivity index (χ3v) is 3.74. The van der Waals surface area contributed by atoms with E-state index in [-0.39, 0.29) is 5.43 Å². The van der Waals surface area contributed by atoms with Gasteiger partial charge in [-0.05, 0) is 30.7 Å². The lowest BCUT2D eigenvalue weighted by atomic mass is 10.2. The van der Waals surface area contributed by atoms with Gasteiger partial charge in [0.25, 0.3) is 0 Å². The SMILES string of the molecule is CSc1ccc2c(=O)c(SC)c[nH]c2c1. The molecule has 0 aliphatic carbocycles. The lowest BCUT2D eigenvalue weighted by Gasteiger charge is -2.02. The maximum Gasteiger partial charge on any atom is 0.202 e. The van der Waals surface area contributed by atoms with Gasteiger partial charge >= 0.3 is 0 Å². The summed E-state index contributed by atoms with van der Waals surface area (Å²) in [5, 5.41) is 0.764. The van der Waals surface area contributed by atoms with Crippen molar-refractivity contribution in [3.05, 3.63) is 34.6 Å². The van der Waals surface area contributed by atoms with E-state index in [2.05, 4.69) is 4.98 Å². The van der Waals surface area contributed by atoms with Crippen molar-refractivity contribution in [2.45, 2.75) is 9.79 Å². The molecule has 1 aromatic heterocycles. The highest BCUT2D eigenvalue weighted by Crippen LogP contribution is 2.20. The lowest BCUT2D eigenvalue weighted by Crippen LogP contribution is -2.04. The van der Waals surface area contributed by atoms with E-state index >= 15 is 0 Å². The molecule has 0 atom stereocenters. The van der Waals surface area contributed by atoms with E-state index in [0.717, 1.165) is 20.7 Å². The molecule has 2 rings (SSSR count). The molecule has 0 amide bonds. The van der Waals surface area contributed by atoms with Crippen LogP contribution in [-0.4, -0.2) is 17.5 Å². The molecule has 1 heterocycles. The Morgan fingerprint density at radius 1 is 1.20 bits per heavy atom. The molecule has 0 saturated heterocycles. The normalized spacial score (nSPS) is 10.8. The fraction of sp³-hybridized carbons (Fsp3) is 0.182. The number of H-pyrrole nitrogens is 1. The highest BCUT2D eigenvalue weighted by atomic mass is 32.2. The van der Waals surface area contributed by atoms with Crippen LogP contribution in [0.5, 0.6) is 0 Å². The number of hydrogen-bond acceptors (Lipinski definition) is 3. The maximum atomic E-state index is 11.9. The van der Waals surface area contributed by atoms with Gasteiger partial charge in [-0.15, -0.1) is 23.5 Å². The van der Waals surface area contributed by atoms with E-state index in [4.69, 9.17) is 0 Å². The summed E-state index contributed by atoms with van der Waals surface area (Å²) < 4.78 is 0. The minimum absolute atomic E-state index is 0.115. The molecule has 0 fully saturated rings. The first kappa shape index (κ1) is 10.6. The summed E-state index contributed by atoms with van der Waals surface area (Å²) in [6, 6.07) is 5.87. The van der Waals surface area contributed by atoms with Gasteiger partial charge in [0.2, 0.25) is 5.43 Å². The predicted molar refractivity (Wildman–Crippen MR) is 68.1 cm³/mol. The molecule has 0 spiro atoms. The Bertz CT molecular complexity index is 548. The third kappa shape index (κ3) is 1.92. The molecule has 15 heavy (non-hydrogen) atoms. The molecule has 0 bridgehead atoms. The average Bonchev–Trinajstić information content (AvgIpc) is 2.29. The maximum absolute atomic E-state index is 11.9. The van der Waals surface area contributed by atoms with Crippen LogP contribution in [0.1, 0.15) is 0 Å². The summed E-state index contributed by atoms with van der Waals surface area (Å²) in [6.07, 6.45) is 5.71. The van der Waals surface area contributed by atoms with Crippen LogP contribution in [0.15, 0.2) is 39.0 Å². The van der Waals surface area contributed by atoms with E-state index in [1.807, 2.05) is 30.7 Å². The number of benzene rings is 1. The Balaban J connectivity index is 2.74. The van der Waals surface area contributed by atoms with E-state index in [9.17, 15) is 4.79 Å². The van der Waals surface area contributed by atoms with Gasteiger partial charge in [-0.3, -0.25) is 4.79 Å². The van der Waals surface area contributed by atoms with Crippen molar-refractivity contribution in [3.8, 4) is 0 Å². The van der Waals surface area contributed by atoms with Crippen molar-refractivity contribution in [1.82, 2.24) is 4.98 Å². The van der Waals surface area contributed by atoms with Gasteiger partial charge < -0.3 is 4.98 Å². The zero-order valence-electron chi connectivity index (χ0n) is 8.53. The average molecular weight is 237 g/mol. The molecule has 4 heteroatoms. The quantitative estimate of drug-likeness (QED) is 0.815. The van der Waals surface area contributed by atoms with Gasteiger partial charge in [-0.25, -0.2) is 0 Å². The van der Waals surface area contributed by atoms with Crippen molar-refractivity contribution in [2.75, 3.05) is 12.5 Å². The monoisotopic (exact) mass is 237 g/mol. The van der Waals surface area contributed by atoms with Crippen LogP contribution in [0.4, 0.5) is 0 Å². The summed E-state index contributed by atoms with van der Waals surface area (Å²) in [6.45, 7) is 0. The van der Waals surface area contributed by atoms with Crippen molar-refractivity contribution in [1.29, 1.82) is 0 Å². The lowest BCUT2D eigenvalue weighted by molar-refractivity contribution is 1.25. The fourth-order valence-electron chi connectivity index (χ4n) is 1.46. The number of pyridine rings is 1. The van der Waals surface area contributed by atoms with Crippen LogP contribution in [0.25, 0.3) is 10.9 Å². The van der Waals surface area contributed by atoms with Crippen molar-refractivity contribution in [3.63, 3.8) is 0 Å². The molecule has 2 nitrogen and oxygen atoms in total. The Hall–Kier alpha value is -0.870. The minimum atomic E-state index is 0.115. The van der Waals surface area contributed by atoms with Crippen LogP contribution in [-0.2, 0) is 0 Å². The van der Waals surface area contributed by atoms with Crippen molar-refractivity contribution in [2.24, 2.45) is 0 Å². The highest BCUT2D eigenvalue weighted by molar-refractivity contribution is 7.98. The number of hydrogen-bond donors (Lipinski definition) is 1. The van der Waals surface area contributed by atoms with Gasteiger partial charge in [-0.1, -0.05) is 0 Å². The molecule has 1 aromatic carbocycles. The number of nitrogens with one attached hydrogen (secondary N) is 1. The van der Waals surface area contributed by atoms with Crippen LogP contribution < -0.4 is 5.43 Å². The number of aromatic amines is 1. The summed E-state index contributed by atoms with van der Waals surface area (Å²) >= 11 is 3.14. The van der Waals surface area contributed by atoms with E-state index in [0.29, 0.717) is 0 Å². The Kier molecular flexibility index (Phi) is 3.07. The van der Waals surface area contributed by atoms with Crippen molar-refractivity contribution < 1.29 is 0 Å². The van der Waals surface area contributed by atoms with Crippen molar-refractivity contribution >= 4 is 34.4 Å². The Labute approximate surface area is 96.5 Å². The van der Waals surface area contributed by atoms with Gasteiger partial charge in [0.1, 0.15) is 0 Å². The van der Waals surface area contributed by atoms with Crippen LogP contribution in [0.3, 0.4) is 0 Å². The van der Waals surface area contributed by atoms with E-state index in [1.54, 1.807) is 18.0 Å². The molecular formula is C11H11NOS2. The summed E-state index contributed by atoms with van der Waals surface area (Å²) in [5.74, 6) is 0. The zero-order valence-corrected chi connectivity index (χ0v) is 10.2. The summed E-state index contributed by atoms with van der Waals surface area (Å²) in [7, 11) is 0. The molecule has 0 aliphatic rings. The number of thioether (sulfide) groups is 2. The van der Waals surface area contributed by atoms with Gasteiger partial charge in [0.05, 0.1) is 10.4 Å². The highest BCUT2D eigenvalue weighted by Gasteiger charge is 2.04. The molecule has 1 N–H and O–H groups in total. The predicted octanol–water partition coefficient (Wildman–Crippen LogP) is 2.97. The largest absolute Gasteiger partial charge is 0.360 e. The first-order valence-electron chi connectivity index (χ1n) is 4.49. The topological polar surface area (TPSA) is 32.9 Å². The first-order chi connectivity index (χ1) is 7.26. The zero-order chi connectivity index (χ0) is 10.8. The molecular weight excluding hydrogens is 226 g/mol. The molecule has 0 aliphatic heterocycles. The standard InChI is InChI=1S/C11H11NOS2/c1-14-7-3-4-8-9(5-7)12-6-10(15-2)11(8)13/h3-6H,1-2H3,(H,12,13). The number of fused-ring (bicyclic) bond motifs is 1. The molecule has 0 unspecified atom stereocenters. The van der Waals surface area contributed by atoms with Crippen LogP contribution in [0, 0.1) is 0 Å². The van der Waals surface area contributed by atoms with Crippen LogP contribution in [0.2, 0.25) is 0 Å². The van der Waals surface area contributed by atoms with Gasteiger partial charge in [-0.2, -0.15) is 0 Å². The van der Waals surface area contributed by atoms with Gasteiger partial charge in [0, 0.05) is 16.5 Å². The van der Waals surface area contributed by atoms with E-state index in [1.165, 1.54) is 11.8 Å². The number of rotatable bonds is 2. The minimum Gasteiger partial charge on any atom is -0.360 e. The van der Waals surface area contributed by atoms with Gasteiger partial charge in [0.15, 0.2) is 0 Å². The Morgan fingerprint density at radius 2 is 2.00 bits per heavy atom. The fourth-order valence-corrected chi connectivity index (χ4v) is 2.37. The van der Waals surface area contributed by atoms with E-state index < -0.39 is 0 Å². The van der Waals surface area contributed by atoms with Crippen LogP contribution >= 0.6 is 23.5 Å².